The maximum Gasteiger partial charge on any atom is 0.246 e. The second-order valence-electron chi connectivity index (χ2n) is 4.49. The maximum atomic E-state index is 11.8. The summed E-state index contributed by atoms with van der Waals surface area (Å²) in [5.41, 5.74) is 0.984. The molecule has 2 rings (SSSR count). The van der Waals surface area contributed by atoms with Crippen LogP contribution in [0.3, 0.4) is 0 Å². The van der Waals surface area contributed by atoms with Crippen molar-refractivity contribution in [2.24, 2.45) is 0 Å². The van der Waals surface area contributed by atoms with Gasteiger partial charge >= 0.3 is 0 Å². The molecule has 0 aliphatic carbocycles. The summed E-state index contributed by atoms with van der Waals surface area (Å²) in [4.78, 5) is 13.7. The minimum absolute atomic E-state index is 0.0946. The molecule has 0 saturated carbocycles. The van der Waals surface area contributed by atoms with Crippen LogP contribution >= 0.6 is 0 Å². The zero-order chi connectivity index (χ0) is 13.5. The van der Waals surface area contributed by atoms with Crippen molar-refractivity contribution in [3.8, 4) is 5.75 Å². The number of hydrogen-bond acceptors (Lipinski definition) is 3. The maximum absolute atomic E-state index is 11.8. The van der Waals surface area contributed by atoms with Gasteiger partial charge in [-0.05, 0) is 36.6 Å². The van der Waals surface area contributed by atoms with Crippen molar-refractivity contribution in [1.82, 2.24) is 4.90 Å². The number of amides is 1. The number of methoxy groups -OCH3 is 1. The van der Waals surface area contributed by atoms with Gasteiger partial charge in [0.2, 0.25) is 5.91 Å². The second-order valence-corrected chi connectivity index (χ2v) is 4.49. The van der Waals surface area contributed by atoms with Gasteiger partial charge in [0.1, 0.15) is 5.75 Å². The van der Waals surface area contributed by atoms with Crippen molar-refractivity contribution >= 4 is 12.0 Å². The van der Waals surface area contributed by atoms with Crippen LogP contribution in [0.2, 0.25) is 0 Å². The molecule has 0 radical (unpaired) electrons. The van der Waals surface area contributed by atoms with E-state index in [1.165, 1.54) is 0 Å². The SMILES string of the molecule is COCOc1ccc(/C=C/C(=O)N2CCCC2)cc1. The van der Waals surface area contributed by atoms with E-state index in [4.69, 9.17) is 9.47 Å². The summed E-state index contributed by atoms with van der Waals surface area (Å²) in [6, 6.07) is 7.55. The van der Waals surface area contributed by atoms with Gasteiger partial charge < -0.3 is 14.4 Å². The predicted molar refractivity (Wildman–Crippen MR) is 73.8 cm³/mol. The van der Waals surface area contributed by atoms with E-state index >= 15 is 0 Å². The zero-order valence-corrected chi connectivity index (χ0v) is 11.2. The van der Waals surface area contributed by atoms with E-state index in [-0.39, 0.29) is 12.7 Å². The first-order valence-electron chi connectivity index (χ1n) is 6.48. The van der Waals surface area contributed by atoms with E-state index in [2.05, 4.69) is 0 Å². The number of benzene rings is 1. The fourth-order valence-electron chi connectivity index (χ4n) is 2.01. The van der Waals surface area contributed by atoms with Gasteiger partial charge in [0, 0.05) is 26.3 Å². The summed E-state index contributed by atoms with van der Waals surface area (Å²) in [6.45, 7) is 2.00. The molecular weight excluding hydrogens is 242 g/mol. The molecule has 0 spiro atoms. The monoisotopic (exact) mass is 261 g/mol. The molecule has 1 aromatic rings. The molecule has 1 heterocycles. The molecule has 1 aliphatic heterocycles. The molecule has 0 aromatic heterocycles. The molecule has 0 unspecified atom stereocenters. The lowest BCUT2D eigenvalue weighted by Gasteiger charge is -2.11. The first kappa shape index (κ1) is 13.6. The standard InChI is InChI=1S/C15H19NO3/c1-18-12-19-14-7-4-13(5-8-14)6-9-15(17)16-10-2-3-11-16/h4-9H,2-3,10-12H2,1H3/b9-6+. The summed E-state index contributed by atoms with van der Waals surface area (Å²) in [5, 5.41) is 0. The Morgan fingerprint density at radius 3 is 2.58 bits per heavy atom. The van der Waals surface area contributed by atoms with Crippen LogP contribution in [0, 0.1) is 0 Å². The van der Waals surface area contributed by atoms with Crippen molar-refractivity contribution in [3.05, 3.63) is 35.9 Å². The Labute approximate surface area is 113 Å². The van der Waals surface area contributed by atoms with Gasteiger partial charge in [-0.1, -0.05) is 12.1 Å². The Kier molecular flexibility index (Phi) is 4.98. The lowest BCUT2D eigenvalue weighted by molar-refractivity contribution is -0.124. The van der Waals surface area contributed by atoms with E-state index in [1.807, 2.05) is 35.2 Å². The Balaban J connectivity index is 1.89. The van der Waals surface area contributed by atoms with Crippen molar-refractivity contribution < 1.29 is 14.3 Å². The van der Waals surface area contributed by atoms with Gasteiger partial charge in [-0.2, -0.15) is 0 Å². The van der Waals surface area contributed by atoms with Crippen LogP contribution in [0.5, 0.6) is 5.75 Å². The van der Waals surface area contributed by atoms with Crippen LogP contribution in [0.25, 0.3) is 6.08 Å². The van der Waals surface area contributed by atoms with Crippen molar-refractivity contribution in [2.45, 2.75) is 12.8 Å². The van der Waals surface area contributed by atoms with E-state index in [9.17, 15) is 4.79 Å². The summed E-state index contributed by atoms with van der Waals surface area (Å²) in [6.07, 6.45) is 5.70. The fraction of sp³-hybridized carbons (Fsp3) is 0.400. The van der Waals surface area contributed by atoms with Crippen molar-refractivity contribution in [1.29, 1.82) is 0 Å². The molecule has 102 valence electrons. The smallest absolute Gasteiger partial charge is 0.246 e. The third-order valence-electron chi connectivity index (χ3n) is 3.06. The molecule has 0 N–H and O–H groups in total. The van der Waals surface area contributed by atoms with E-state index < -0.39 is 0 Å². The first-order chi connectivity index (χ1) is 9.29. The Morgan fingerprint density at radius 2 is 1.95 bits per heavy atom. The Morgan fingerprint density at radius 1 is 1.26 bits per heavy atom. The highest BCUT2D eigenvalue weighted by atomic mass is 16.7. The summed E-state index contributed by atoms with van der Waals surface area (Å²) < 4.78 is 10.1. The molecule has 4 nitrogen and oxygen atoms in total. The van der Waals surface area contributed by atoms with Crippen LogP contribution in [0.4, 0.5) is 0 Å². The summed E-state index contributed by atoms with van der Waals surface area (Å²) in [7, 11) is 1.58. The predicted octanol–water partition coefficient (Wildman–Crippen LogP) is 2.30. The second kappa shape index (κ2) is 6.95. The lowest BCUT2D eigenvalue weighted by atomic mass is 10.2. The number of carbonyl (C=O) groups excluding carboxylic acids is 1. The van der Waals surface area contributed by atoms with Gasteiger partial charge in [0.05, 0.1) is 0 Å². The number of likely N-dealkylation sites (tertiary alicyclic amines) is 1. The third kappa shape index (κ3) is 4.10. The highest BCUT2D eigenvalue weighted by molar-refractivity contribution is 5.91. The minimum Gasteiger partial charge on any atom is -0.468 e. The average molecular weight is 261 g/mol. The molecular formula is C15H19NO3. The van der Waals surface area contributed by atoms with Crippen LogP contribution in [0.15, 0.2) is 30.3 Å². The normalized spacial score (nSPS) is 15.1. The van der Waals surface area contributed by atoms with E-state index in [0.717, 1.165) is 37.2 Å². The molecule has 1 aliphatic rings. The van der Waals surface area contributed by atoms with Crippen LogP contribution in [-0.4, -0.2) is 37.8 Å². The number of carbonyl (C=O) groups is 1. The fourth-order valence-corrected chi connectivity index (χ4v) is 2.01. The topological polar surface area (TPSA) is 38.8 Å². The Bertz CT molecular complexity index is 433. The quantitative estimate of drug-likeness (QED) is 0.603. The van der Waals surface area contributed by atoms with Crippen molar-refractivity contribution in [2.75, 3.05) is 27.0 Å². The van der Waals surface area contributed by atoms with E-state index in [1.54, 1.807) is 13.2 Å². The number of hydrogen-bond donors (Lipinski definition) is 0. The number of nitrogens with zero attached hydrogens (tertiary/aromatic N) is 1. The third-order valence-corrected chi connectivity index (χ3v) is 3.06. The zero-order valence-electron chi connectivity index (χ0n) is 11.2. The Hall–Kier alpha value is -1.81. The van der Waals surface area contributed by atoms with Gasteiger partial charge in [-0.25, -0.2) is 0 Å². The van der Waals surface area contributed by atoms with Crippen LogP contribution in [0.1, 0.15) is 18.4 Å². The molecule has 1 amide bonds. The van der Waals surface area contributed by atoms with Crippen LogP contribution in [-0.2, 0) is 9.53 Å². The van der Waals surface area contributed by atoms with Gasteiger partial charge in [0.25, 0.3) is 0 Å². The molecule has 1 fully saturated rings. The average Bonchev–Trinajstić information content (AvgIpc) is 2.98. The number of rotatable bonds is 5. The van der Waals surface area contributed by atoms with Gasteiger partial charge in [0.15, 0.2) is 6.79 Å². The van der Waals surface area contributed by atoms with Gasteiger partial charge in [-0.3, -0.25) is 4.79 Å². The molecule has 1 aromatic carbocycles. The highest BCUT2D eigenvalue weighted by Gasteiger charge is 2.14. The first-order valence-corrected chi connectivity index (χ1v) is 6.48. The molecule has 1 saturated heterocycles. The van der Waals surface area contributed by atoms with Gasteiger partial charge in [-0.15, -0.1) is 0 Å². The summed E-state index contributed by atoms with van der Waals surface area (Å²) in [5.74, 6) is 0.849. The van der Waals surface area contributed by atoms with E-state index in [0.29, 0.717) is 0 Å². The number of ether oxygens (including phenoxy) is 2. The lowest BCUT2D eigenvalue weighted by Crippen LogP contribution is -2.25. The van der Waals surface area contributed by atoms with Crippen molar-refractivity contribution in [3.63, 3.8) is 0 Å². The summed E-state index contributed by atoms with van der Waals surface area (Å²) >= 11 is 0. The molecule has 0 bridgehead atoms. The van der Waals surface area contributed by atoms with Crippen LogP contribution < -0.4 is 4.74 Å². The largest absolute Gasteiger partial charge is 0.468 e. The molecule has 4 heteroatoms. The highest BCUT2D eigenvalue weighted by Crippen LogP contribution is 2.14. The minimum atomic E-state index is 0.0946. The molecule has 0 atom stereocenters. The molecule has 19 heavy (non-hydrogen) atoms.